The highest BCUT2D eigenvalue weighted by molar-refractivity contribution is 6.18. The van der Waals surface area contributed by atoms with Gasteiger partial charge in [0.05, 0.1) is 4.92 Å². The molecule has 5 heteroatoms. The summed E-state index contributed by atoms with van der Waals surface area (Å²) in [5.74, 6) is -1.18. The van der Waals surface area contributed by atoms with E-state index in [1.807, 2.05) is 0 Å². The van der Waals surface area contributed by atoms with Gasteiger partial charge in [0.25, 0.3) is 0 Å². The summed E-state index contributed by atoms with van der Waals surface area (Å²) in [7, 11) is 0. The summed E-state index contributed by atoms with van der Waals surface area (Å²) in [5, 5.41) is 9.84. The molecule has 0 amide bonds. The van der Waals surface area contributed by atoms with Crippen molar-refractivity contribution in [3.05, 3.63) is 21.9 Å². The second-order valence-electron chi connectivity index (χ2n) is 1.94. The molecule has 60 valence electrons. The van der Waals surface area contributed by atoms with Crippen LogP contribution in [0.2, 0.25) is 0 Å². The van der Waals surface area contributed by atoms with Crippen molar-refractivity contribution in [3.8, 4) is 0 Å². The zero-order valence-corrected chi connectivity index (χ0v) is 6.16. The molecule has 0 unspecified atom stereocenters. The Bertz CT molecular complexity index is 225. The molecule has 0 aromatic rings. The van der Waals surface area contributed by atoms with E-state index in [1.54, 1.807) is 0 Å². The fourth-order valence-corrected chi connectivity index (χ4v) is 0.535. The van der Waals surface area contributed by atoms with Crippen molar-refractivity contribution in [3.63, 3.8) is 0 Å². The van der Waals surface area contributed by atoms with Gasteiger partial charge in [0.1, 0.15) is 5.57 Å². The molecule has 0 heterocycles. The molecule has 0 aliphatic carbocycles. The molecule has 0 aliphatic heterocycles. The van der Waals surface area contributed by atoms with E-state index in [0.717, 1.165) is 13.8 Å². The van der Waals surface area contributed by atoms with Crippen molar-refractivity contribution in [2.75, 3.05) is 0 Å². The molecule has 0 spiro atoms. The number of nitro groups is 1. The largest absolute Gasteiger partial charge is 0.294 e. The fourth-order valence-electron chi connectivity index (χ4n) is 0.535. The summed E-state index contributed by atoms with van der Waals surface area (Å²) in [4.78, 5) is 30.1. The molecule has 11 heavy (non-hydrogen) atoms. The van der Waals surface area contributed by atoms with Crippen LogP contribution in [0.3, 0.4) is 0 Å². The number of Topliss-reactive ketones (excluding diaryl/α,β-unsaturated/α-hetero) is 2. The molecule has 0 atom stereocenters. The van der Waals surface area contributed by atoms with Gasteiger partial charge in [0, 0.05) is 0 Å². The smallest absolute Gasteiger partial charge is 0.248 e. The zero-order chi connectivity index (χ0) is 9.02. The Morgan fingerprint density at radius 2 is 1.64 bits per heavy atom. The highest BCUT2D eigenvalue weighted by atomic mass is 16.6. The molecule has 0 fully saturated rings. The van der Waals surface area contributed by atoms with Crippen LogP contribution in [0, 0.1) is 10.1 Å². The van der Waals surface area contributed by atoms with Crippen LogP contribution < -0.4 is 0 Å². The third kappa shape index (κ3) is 3.24. The van der Waals surface area contributed by atoms with E-state index in [2.05, 4.69) is 0 Å². The van der Waals surface area contributed by atoms with Gasteiger partial charge in [-0.15, -0.1) is 0 Å². The Morgan fingerprint density at radius 1 is 1.27 bits per heavy atom. The number of nitrogens with zero attached hydrogens (tertiary/aromatic N) is 1. The average molecular weight is 157 g/mol. The van der Waals surface area contributed by atoms with E-state index in [0.29, 0.717) is 6.20 Å². The predicted octanol–water partition coefficient (Wildman–Crippen LogP) is 0.325. The lowest BCUT2D eigenvalue weighted by molar-refractivity contribution is -0.402. The van der Waals surface area contributed by atoms with Crippen LogP contribution in [0.25, 0.3) is 0 Å². The number of hydrogen-bond donors (Lipinski definition) is 0. The lowest BCUT2D eigenvalue weighted by atomic mass is 10.1. The number of ketones is 2. The highest BCUT2D eigenvalue weighted by Crippen LogP contribution is 1.97. The first-order valence-corrected chi connectivity index (χ1v) is 2.82. The molecule has 0 bridgehead atoms. The van der Waals surface area contributed by atoms with Crippen LogP contribution in [0.1, 0.15) is 13.8 Å². The molecule has 0 saturated carbocycles. The minimum atomic E-state index is -0.821. The Morgan fingerprint density at radius 3 is 1.73 bits per heavy atom. The average Bonchev–Trinajstić information content (AvgIpc) is 1.81. The van der Waals surface area contributed by atoms with E-state index >= 15 is 0 Å². The van der Waals surface area contributed by atoms with E-state index < -0.39 is 16.5 Å². The third-order valence-electron chi connectivity index (χ3n) is 0.993. The molecule has 0 aliphatic rings. The van der Waals surface area contributed by atoms with Crippen molar-refractivity contribution in [2.24, 2.45) is 0 Å². The van der Waals surface area contributed by atoms with E-state index in [9.17, 15) is 19.7 Å². The summed E-state index contributed by atoms with van der Waals surface area (Å²) in [6.45, 7) is 2.22. The molecule has 0 saturated heterocycles. The summed E-state index contributed by atoms with van der Waals surface area (Å²) in [6.07, 6.45) is 0.421. The monoisotopic (exact) mass is 157 g/mol. The minimum Gasteiger partial charge on any atom is -0.294 e. The van der Waals surface area contributed by atoms with E-state index in [-0.39, 0.29) is 5.57 Å². The maximum atomic E-state index is 10.5. The molecular formula is C6H7NO4. The number of hydrogen-bond acceptors (Lipinski definition) is 4. The molecule has 0 N–H and O–H groups in total. The second-order valence-corrected chi connectivity index (χ2v) is 1.94. The Hall–Kier alpha value is -1.52. The maximum Gasteiger partial charge on any atom is 0.248 e. The third-order valence-corrected chi connectivity index (χ3v) is 0.993. The van der Waals surface area contributed by atoms with Crippen LogP contribution in [0.5, 0.6) is 0 Å². The van der Waals surface area contributed by atoms with E-state index in [4.69, 9.17) is 0 Å². The number of allylic oxidation sites excluding steroid dienone is 1. The molecule has 0 radical (unpaired) electrons. The van der Waals surface area contributed by atoms with Gasteiger partial charge in [-0.1, -0.05) is 0 Å². The lowest BCUT2D eigenvalue weighted by Gasteiger charge is -1.90. The van der Waals surface area contributed by atoms with Gasteiger partial charge in [-0.2, -0.15) is 0 Å². The second kappa shape index (κ2) is 3.60. The molecular weight excluding hydrogens is 150 g/mol. The van der Waals surface area contributed by atoms with Gasteiger partial charge in [-0.25, -0.2) is 0 Å². The Labute approximate surface area is 62.9 Å². The molecule has 0 aromatic heterocycles. The highest BCUT2D eigenvalue weighted by Gasteiger charge is 2.13. The van der Waals surface area contributed by atoms with Gasteiger partial charge < -0.3 is 0 Å². The van der Waals surface area contributed by atoms with Gasteiger partial charge >= 0.3 is 0 Å². The lowest BCUT2D eigenvalue weighted by Crippen LogP contribution is -2.08. The van der Waals surface area contributed by atoms with Crippen molar-refractivity contribution in [2.45, 2.75) is 13.8 Å². The molecule has 5 nitrogen and oxygen atoms in total. The van der Waals surface area contributed by atoms with Crippen molar-refractivity contribution >= 4 is 11.6 Å². The zero-order valence-electron chi connectivity index (χ0n) is 6.16. The quantitative estimate of drug-likeness (QED) is 0.194. The van der Waals surface area contributed by atoms with Crippen molar-refractivity contribution in [1.29, 1.82) is 0 Å². The first-order chi connectivity index (χ1) is 4.95. The van der Waals surface area contributed by atoms with Crippen LogP contribution in [-0.2, 0) is 9.59 Å². The molecule has 0 aromatic carbocycles. The van der Waals surface area contributed by atoms with E-state index in [1.165, 1.54) is 0 Å². The SMILES string of the molecule is CC(=O)C(=C[N+](=O)[O-])C(C)=O. The summed E-state index contributed by atoms with van der Waals surface area (Å²) in [6, 6.07) is 0. The maximum absolute atomic E-state index is 10.5. The summed E-state index contributed by atoms with van der Waals surface area (Å²) >= 11 is 0. The Balaban J connectivity index is 4.75. The standard InChI is InChI=1S/C6H7NO4/c1-4(8)6(5(2)9)3-7(10)11/h3H,1-2H3. The Kier molecular flexibility index (Phi) is 3.10. The van der Waals surface area contributed by atoms with Gasteiger partial charge in [-0.3, -0.25) is 19.7 Å². The summed E-state index contributed by atoms with van der Waals surface area (Å²) in [5.41, 5.74) is -0.380. The number of carbonyl (C=O) groups is 2. The fraction of sp³-hybridized carbons (Fsp3) is 0.333. The van der Waals surface area contributed by atoms with Crippen LogP contribution in [0.4, 0.5) is 0 Å². The van der Waals surface area contributed by atoms with Crippen LogP contribution in [-0.4, -0.2) is 16.5 Å². The van der Waals surface area contributed by atoms with Crippen LogP contribution in [0.15, 0.2) is 11.8 Å². The topological polar surface area (TPSA) is 77.3 Å². The van der Waals surface area contributed by atoms with Crippen molar-refractivity contribution < 1.29 is 14.5 Å². The van der Waals surface area contributed by atoms with Crippen molar-refractivity contribution in [1.82, 2.24) is 0 Å². The first-order valence-electron chi connectivity index (χ1n) is 2.82. The minimum absolute atomic E-state index is 0.380. The summed E-state index contributed by atoms with van der Waals surface area (Å²) < 4.78 is 0. The van der Waals surface area contributed by atoms with Gasteiger partial charge in [-0.05, 0) is 13.8 Å². The van der Waals surface area contributed by atoms with Crippen LogP contribution >= 0.6 is 0 Å². The normalized spacial score (nSPS) is 8.55. The number of rotatable bonds is 3. The van der Waals surface area contributed by atoms with Gasteiger partial charge in [0.2, 0.25) is 6.20 Å². The predicted molar refractivity (Wildman–Crippen MR) is 36.4 cm³/mol. The number of carbonyl (C=O) groups excluding carboxylic acids is 2. The first kappa shape index (κ1) is 9.48. The molecule has 0 rings (SSSR count). The van der Waals surface area contributed by atoms with Gasteiger partial charge in [0.15, 0.2) is 11.6 Å².